The van der Waals surface area contributed by atoms with Crippen molar-refractivity contribution in [3.63, 3.8) is 0 Å². The first kappa shape index (κ1) is 19.6. The molecule has 162 valence electrons. The van der Waals surface area contributed by atoms with Crippen LogP contribution in [-0.4, -0.2) is 52.4 Å². The summed E-state index contributed by atoms with van der Waals surface area (Å²) < 4.78 is 0. The molecule has 1 amide bonds. The van der Waals surface area contributed by atoms with Crippen LogP contribution in [0.2, 0.25) is 5.02 Å². The van der Waals surface area contributed by atoms with E-state index in [-0.39, 0.29) is 22.9 Å². The number of benzene rings is 1. The Morgan fingerprint density at radius 3 is 2.97 bits per heavy atom. The molecule has 0 radical (unpaired) electrons. The van der Waals surface area contributed by atoms with Gasteiger partial charge in [0.2, 0.25) is 5.43 Å². The lowest BCUT2D eigenvalue weighted by atomic mass is 9.68. The average molecular weight is 438 g/mol. The highest BCUT2D eigenvalue weighted by Crippen LogP contribution is 2.45. The van der Waals surface area contributed by atoms with E-state index >= 15 is 0 Å². The number of H-pyrrole nitrogens is 1. The highest BCUT2D eigenvalue weighted by molar-refractivity contribution is 6.35. The predicted molar refractivity (Wildman–Crippen MR) is 123 cm³/mol. The Hall–Kier alpha value is -2.11. The molecule has 1 aliphatic carbocycles. The number of fused-ring (bicyclic) bond motifs is 7. The second-order valence-corrected chi connectivity index (χ2v) is 10.1. The Balaban J connectivity index is 1.37. The van der Waals surface area contributed by atoms with Crippen molar-refractivity contribution >= 4 is 28.4 Å². The third-order valence-corrected chi connectivity index (χ3v) is 8.33. The molecule has 3 aliphatic heterocycles. The second-order valence-electron chi connectivity index (χ2n) is 9.70. The minimum atomic E-state index is -0.231. The van der Waals surface area contributed by atoms with E-state index < -0.39 is 0 Å². The number of aromatic amines is 1. The number of pyridine rings is 1. The number of nitrogens with one attached hydrogen (secondary N) is 1. The van der Waals surface area contributed by atoms with E-state index in [4.69, 9.17) is 11.6 Å². The highest BCUT2D eigenvalue weighted by atomic mass is 35.5. The van der Waals surface area contributed by atoms with E-state index in [1.54, 1.807) is 24.4 Å². The fraction of sp³-hybridized carbons (Fsp3) is 0.520. The summed E-state index contributed by atoms with van der Waals surface area (Å²) in [6, 6.07) is 6.07. The van der Waals surface area contributed by atoms with Gasteiger partial charge in [-0.3, -0.25) is 14.5 Å². The molecule has 1 aromatic carbocycles. The minimum Gasteiger partial charge on any atom is -0.359 e. The summed E-state index contributed by atoms with van der Waals surface area (Å²) in [7, 11) is 0. The number of piperidine rings is 3. The van der Waals surface area contributed by atoms with E-state index in [1.807, 2.05) is 4.90 Å². The van der Waals surface area contributed by atoms with Crippen LogP contribution in [0, 0.1) is 11.8 Å². The number of carbonyl (C=O) groups excluding carboxylic acids is 1. The molecule has 6 heteroatoms. The molecule has 3 saturated heterocycles. The van der Waals surface area contributed by atoms with Crippen molar-refractivity contribution in [1.82, 2.24) is 14.8 Å². The first-order chi connectivity index (χ1) is 15.1. The SMILES string of the molecule is O=C(c1c[nH]c2c(Cl)cccc2c1=O)N1CCCC2=C[C@H]3C[C@@H](CN4CCCCC34)C21. The normalized spacial score (nSPS) is 30.5. The Labute approximate surface area is 187 Å². The molecule has 2 bridgehead atoms. The van der Waals surface area contributed by atoms with Crippen LogP contribution in [0.25, 0.3) is 10.9 Å². The van der Waals surface area contributed by atoms with Gasteiger partial charge in [0.25, 0.3) is 5.91 Å². The molecular weight excluding hydrogens is 410 g/mol. The maximum absolute atomic E-state index is 13.7. The zero-order valence-electron chi connectivity index (χ0n) is 17.6. The van der Waals surface area contributed by atoms with Gasteiger partial charge in [-0.2, -0.15) is 0 Å². The van der Waals surface area contributed by atoms with Gasteiger partial charge in [-0.15, -0.1) is 0 Å². The number of carbonyl (C=O) groups is 1. The van der Waals surface area contributed by atoms with Gasteiger partial charge in [-0.25, -0.2) is 0 Å². The quantitative estimate of drug-likeness (QED) is 0.679. The number of rotatable bonds is 1. The summed E-state index contributed by atoms with van der Waals surface area (Å²) in [6.45, 7) is 2.99. The summed E-state index contributed by atoms with van der Waals surface area (Å²) in [5.41, 5.74) is 2.02. The molecule has 31 heavy (non-hydrogen) atoms. The van der Waals surface area contributed by atoms with E-state index in [0.29, 0.717) is 33.8 Å². The van der Waals surface area contributed by atoms with Gasteiger partial charge in [0, 0.05) is 30.7 Å². The van der Waals surface area contributed by atoms with E-state index in [1.165, 1.54) is 37.8 Å². The van der Waals surface area contributed by atoms with Crippen molar-refractivity contribution in [1.29, 1.82) is 0 Å². The van der Waals surface area contributed by atoms with Crippen molar-refractivity contribution in [2.75, 3.05) is 19.6 Å². The van der Waals surface area contributed by atoms with Gasteiger partial charge in [0.05, 0.1) is 16.6 Å². The van der Waals surface area contributed by atoms with Crippen LogP contribution in [-0.2, 0) is 0 Å². The van der Waals surface area contributed by atoms with Gasteiger partial charge in [-0.1, -0.05) is 35.7 Å². The van der Waals surface area contributed by atoms with Gasteiger partial charge < -0.3 is 9.88 Å². The number of hydrogen-bond donors (Lipinski definition) is 1. The summed E-state index contributed by atoms with van der Waals surface area (Å²) in [5.74, 6) is 0.960. The zero-order chi connectivity index (χ0) is 21.1. The first-order valence-electron chi connectivity index (χ1n) is 11.7. The molecular formula is C25H28ClN3O2. The summed E-state index contributed by atoms with van der Waals surface area (Å²) in [4.78, 5) is 34.6. The Kier molecular flexibility index (Phi) is 4.73. The number of hydrogen-bond acceptors (Lipinski definition) is 3. The Morgan fingerprint density at radius 1 is 1.16 bits per heavy atom. The second kappa shape index (κ2) is 7.49. The van der Waals surface area contributed by atoms with Crippen molar-refractivity contribution in [2.45, 2.75) is 50.6 Å². The third-order valence-electron chi connectivity index (χ3n) is 8.01. The van der Waals surface area contributed by atoms with Gasteiger partial charge >= 0.3 is 0 Å². The lowest BCUT2D eigenvalue weighted by Gasteiger charge is -2.54. The van der Waals surface area contributed by atoms with Crippen molar-refractivity contribution in [3.8, 4) is 0 Å². The van der Waals surface area contributed by atoms with E-state index in [2.05, 4.69) is 16.0 Å². The first-order valence-corrected chi connectivity index (χ1v) is 12.0. The predicted octanol–water partition coefficient (Wildman–Crippen LogP) is 4.22. The number of likely N-dealkylation sites (tertiary alicyclic amines) is 1. The average Bonchev–Trinajstić information content (AvgIpc) is 2.79. The molecule has 5 nitrogen and oxygen atoms in total. The van der Waals surface area contributed by atoms with Crippen LogP contribution in [0.4, 0.5) is 0 Å². The van der Waals surface area contributed by atoms with Crippen LogP contribution in [0.15, 0.2) is 40.8 Å². The molecule has 6 rings (SSSR count). The molecule has 1 N–H and O–H groups in total. The standard InChI is InChI=1S/C25H28ClN3O2/c26-20-7-3-6-18-22(20)27-13-19(24(18)30)25(31)29-10-4-5-15-11-16-12-17(23(15)29)14-28-9-2-1-8-21(16)28/h3,6-7,11,13,16-17,21,23H,1-2,4-5,8-10,12,14H2,(H,27,30)/t16-,17-,21?,23?/m0/s1. The smallest absolute Gasteiger partial charge is 0.259 e. The fourth-order valence-corrected chi connectivity index (χ4v) is 6.96. The molecule has 4 atom stereocenters. The topological polar surface area (TPSA) is 56.4 Å². The van der Waals surface area contributed by atoms with Gasteiger partial charge in [0.1, 0.15) is 5.56 Å². The monoisotopic (exact) mass is 437 g/mol. The minimum absolute atomic E-state index is 0.134. The molecule has 2 unspecified atom stereocenters. The molecule has 4 aliphatic rings. The van der Waals surface area contributed by atoms with E-state index in [9.17, 15) is 9.59 Å². The highest BCUT2D eigenvalue weighted by Gasteiger charge is 2.47. The maximum Gasteiger partial charge on any atom is 0.259 e. The Morgan fingerprint density at radius 2 is 2.06 bits per heavy atom. The molecule has 1 aromatic heterocycles. The lowest BCUT2D eigenvalue weighted by Crippen LogP contribution is -2.60. The third kappa shape index (κ3) is 3.08. The molecule has 2 aromatic rings. The lowest BCUT2D eigenvalue weighted by molar-refractivity contribution is 0.00143. The van der Waals surface area contributed by atoms with E-state index in [0.717, 1.165) is 25.9 Å². The number of nitrogens with zero attached hydrogens (tertiary/aromatic N) is 2. The number of aromatic nitrogens is 1. The van der Waals surface area contributed by atoms with Crippen molar-refractivity contribution < 1.29 is 4.79 Å². The van der Waals surface area contributed by atoms with Crippen molar-refractivity contribution in [2.24, 2.45) is 11.8 Å². The zero-order valence-corrected chi connectivity index (χ0v) is 18.4. The van der Waals surface area contributed by atoms with Crippen LogP contribution in [0.1, 0.15) is 48.9 Å². The summed E-state index contributed by atoms with van der Waals surface area (Å²) in [5, 5.41) is 0.970. The van der Waals surface area contributed by atoms with Crippen molar-refractivity contribution in [3.05, 3.63) is 56.9 Å². The number of amides is 1. The number of halogens is 1. The molecule has 0 saturated carbocycles. The van der Waals surface area contributed by atoms with Crippen LogP contribution in [0.5, 0.6) is 0 Å². The molecule has 4 heterocycles. The molecule has 3 fully saturated rings. The van der Waals surface area contributed by atoms with Crippen LogP contribution >= 0.6 is 11.6 Å². The Bertz CT molecular complexity index is 1140. The summed E-state index contributed by atoms with van der Waals surface area (Å²) >= 11 is 6.24. The number of para-hydroxylation sites is 1. The molecule has 0 spiro atoms. The van der Waals surface area contributed by atoms with Gasteiger partial charge in [-0.05, 0) is 62.6 Å². The van der Waals surface area contributed by atoms with Crippen LogP contribution < -0.4 is 5.43 Å². The van der Waals surface area contributed by atoms with Gasteiger partial charge in [0.15, 0.2) is 0 Å². The van der Waals surface area contributed by atoms with Crippen LogP contribution in [0.3, 0.4) is 0 Å². The largest absolute Gasteiger partial charge is 0.359 e. The maximum atomic E-state index is 13.7. The summed E-state index contributed by atoms with van der Waals surface area (Å²) in [6.07, 6.45) is 11.2. The fourth-order valence-electron chi connectivity index (χ4n) is 6.73.